The Morgan fingerprint density at radius 3 is 2.55 bits per heavy atom. The number of ketones is 1. The van der Waals surface area contributed by atoms with Crippen molar-refractivity contribution in [3.8, 4) is 11.5 Å². The number of aromatic amines is 1. The molecule has 3 heterocycles. The summed E-state index contributed by atoms with van der Waals surface area (Å²) in [6.45, 7) is 9.54. The van der Waals surface area contributed by atoms with Crippen molar-refractivity contribution in [1.82, 2.24) is 24.6 Å². The van der Waals surface area contributed by atoms with Gasteiger partial charge in [-0.2, -0.15) is 5.10 Å². The highest BCUT2D eigenvalue weighted by Gasteiger charge is 2.17. The van der Waals surface area contributed by atoms with Crippen molar-refractivity contribution in [2.24, 2.45) is 5.92 Å². The van der Waals surface area contributed by atoms with Crippen molar-refractivity contribution in [2.45, 2.75) is 59.5 Å². The normalized spacial score (nSPS) is 12.0. The molecule has 0 fully saturated rings. The molecule has 1 atom stereocenters. The molecule has 9 nitrogen and oxygen atoms in total. The number of nitrogens with one attached hydrogen (secondary N) is 2. The lowest BCUT2D eigenvalue weighted by atomic mass is 10.0. The monoisotopic (exact) mass is 572 g/mol. The second-order valence-electron chi connectivity index (χ2n) is 11.0. The van der Waals surface area contributed by atoms with E-state index < -0.39 is 0 Å². The molecule has 1 aromatic carbocycles. The lowest BCUT2D eigenvalue weighted by Crippen LogP contribution is -2.19. The van der Waals surface area contributed by atoms with Crippen LogP contribution in [0.2, 0.25) is 0 Å². The fourth-order valence-corrected chi connectivity index (χ4v) is 4.24. The number of ether oxygens (including phenoxy) is 1. The van der Waals surface area contributed by atoms with Gasteiger partial charge in [-0.3, -0.25) is 14.7 Å². The van der Waals surface area contributed by atoms with Gasteiger partial charge < -0.3 is 19.5 Å². The largest absolute Gasteiger partial charge is 0.456 e. The molecule has 0 aliphatic carbocycles. The van der Waals surface area contributed by atoms with Gasteiger partial charge in [-0.25, -0.2) is 4.98 Å². The van der Waals surface area contributed by atoms with Gasteiger partial charge in [0.25, 0.3) is 5.56 Å². The zero-order valence-corrected chi connectivity index (χ0v) is 25.6. The van der Waals surface area contributed by atoms with E-state index in [0.717, 1.165) is 42.6 Å². The Hall–Kier alpha value is -4.24. The van der Waals surface area contributed by atoms with Gasteiger partial charge in [0.1, 0.15) is 16.9 Å². The molecule has 4 aromatic rings. The summed E-state index contributed by atoms with van der Waals surface area (Å²) in [4.78, 5) is 29.4. The maximum absolute atomic E-state index is 12.7. The van der Waals surface area contributed by atoms with Crippen molar-refractivity contribution in [3.63, 3.8) is 0 Å². The Bertz CT molecular complexity index is 1490. The Balaban J connectivity index is 0.000000467. The van der Waals surface area contributed by atoms with Gasteiger partial charge in [-0.05, 0) is 63.9 Å². The number of H-pyrrole nitrogens is 1. The number of rotatable bonds is 13. The van der Waals surface area contributed by atoms with E-state index in [2.05, 4.69) is 41.3 Å². The van der Waals surface area contributed by atoms with Crippen molar-refractivity contribution < 1.29 is 9.53 Å². The number of allylic oxidation sites excluding steroid dienone is 1. The molecule has 1 unspecified atom stereocenters. The van der Waals surface area contributed by atoms with Crippen LogP contribution in [0.15, 0.2) is 77.9 Å². The molecule has 0 saturated carbocycles. The van der Waals surface area contributed by atoms with E-state index in [1.165, 1.54) is 6.07 Å². The highest BCUT2D eigenvalue weighted by atomic mass is 16.5. The molecule has 0 saturated heterocycles. The first kappa shape index (κ1) is 32.3. The number of pyridine rings is 2. The number of hydrogen-bond acceptors (Lipinski definition) is 7. The van der Waals surface area contributed by atoms with Crippen LogP contribution < -0.4 is 15.6 Å². The molecule has 0 aliphatic rings. The van der Waals surface area contributed by atoms with Gasteiger partial charge in [0.05, 0.1) is 6.54 Å². The number of anilines is 1. The van der Waals surface area contributed by atoms with E-state index in [-0.39, 0.29) is 11.3 Å². The number of hydrogen-bond donors (Lipinski definition) is 2. The van der Waals surface area contributed by atoms with E-state index in [1.807, 2.05) is 55.4 Å². The second kappa shape index (κ2) is 16.3. The van der Waals surface area contributed by atoms with Crippen LogP contribution in [-0.4, -0.2) is 57.1 Å². The third-order valence-corrected chi connectivity index (χ3v) is 6.56. The van der Waals surface area contributed by atoms with Gasteiger partial charge in [0, 0.05) is 37.1 Å². The molecule has 0 aliphatic heterocycles. The average Bonchev–Trinajstić information content (AvgIpc) is 3.36. The van der Waals surface area contributed by atoms with Gasteiger partial charge >= 0.3 is 0 Å². The Morgan fingerprint density at radius 1 is 1.14 bits per heavy atom. The van der Waals surface area contributed by atoms with Crippen LogP contribution in [0, 0.1) is 5.92 Å². The molecule has 0 amide bonds. The number of nitrogens with zero attached hydrogens (tertiary/aromatic N) is 4. The van der Waals surface area contributed by atoms with Gasteiger partial charge in [-0.1, -0.05) is 57.2 Å². The third kappa shape index (κ3) is 10.3. The van der Waals surface area contributed by atoms with Gasteiger partial charge in [-0.15, -0.1) is 0 Å². The quantitative estimate of drug-likeness (QED) is 0.182. The zero-order valence-electron chi connectivity index (χ0n) is 25.6. The summed E-state index contributed by atoms with van der Waals surface area (Å²) in [5.41, 5.74) is 1.60. The van der Waals surface area contributed by atoms with Crippen LogP contribution >= 0.6 is 0 Å². The molecule has 0 radical (unpaired) electrons. The predicted molar refractivity (Wildman–Crippen MR) is 170 cm³/mol. The molecule has 4 rings (SSSR count). The maximum Gasteiger partial charge on any atom is 0.254 e. The van der Waals surface area contributed by atoms with Crippen LogP contribution in [-0.2, 0) is 11.3 Å². The Labute approximate surface area is 248 Å². The van der Waals surface area contributed by atoms with Crippen molar-refractivity contribution in [2.75, 3.05) is 26.0 Å². The first-order valence-corrected chi connectivity index (χ1v) is 14.5. The predicted octanol–water partition coefficient (Wildman–Crippen LogP) is 6.28. The lowest BCUT2D eigenvalue weighted by molar-refractivity contribution is -0.112. The van der Waals surface area contributed by atoms with Crippen molar-refractivity contribution >= 4 is 22.6 Å². The fourth-order valence-electron chi connectivity index (χ4n) is 4.24. The molecule has 0 bridgehead atoms. The summed E-state index contributed by atoms with van der Waals surface area (Å²) in [5.74, 6) is 2.57. The van der Waals surface area contributed by atoms with Crippen LogP contribution in [0.4, 0.5) is 5.82 Å². The van der Waals surface area contributed by atoms with E-state index in [1.54, 1.807) is 42.1 Å². The first-order valence-electron chi connectivity index (χ1n) is 14.5. The minimum atomic E-state index is -0.119. The first-order chi connectivity index (χ1) is 20.2. The average molecular weight is 573 g/mol. The van der Waals surface area contributed by atoms with Gasteiger partial charge in [0.2, 0.25) is 0 Å². The molecular weight excluding hydrogens is 528 g/mol. The van der Waals surface area contributed by atoms with E-state index in [4.69, 9.17) is 4.74 Å². The number of fused-ring (bicyclic) bond motifs is 1. The smallest absolute Gasteiger partial charge is 0.254 e. The molecule has 0 spiro atoms. The number of benzene rings is 1. The van der Waals surface area contributed by atoms with Crippen molar-refractivity contribution in [3.05, 3.63) is 89.0 Å². The summed E-state index contributed by atoms with van der Waals surface area (Å²) in [5, 5.41) is 11.8. The Kier molecular flexibility index (Phi) is 12.5. The minimum Gasteiger partial charge on any atom is -0.456 e. The third-order valence-electron chi connectivity index (χ3n) is 6.56. The number of likely N-dealkylation sites (N-methyl/N-ethyl adjacent to an activating group) is 1. The number of aromatic nitrogens is 4. The maximum atomic E-state index is 12.7. The zero-order chi connectivity index (χ0) is 30.5. The summed E-state index contributed by atoms with van der Waals surface area (Å²) in [7, 11) is 3.93. The topological polar surface area (TPSA) is 105 Å². The summed E-state index contributed by atoms with van der Waals surface area (Å²) in [6.07, 6.45) is 10.1. The molecule has 3 aromatic heterocycles. The van der Waals surface area contributed by atoms with Crippen LogP contribution in [0.5, 0.6) is 11.5 Å². The number of carbonyl (C=O) groups excluding carboxylic acids is 1. The minimum absolute atomic E-state index is 0.108. The molecule has 9 heteroatoms. The summed E-state index contributed by atoms with van der Waals surface area (Å²) < 4.78 is 7.80. The van der Waals surface area contributed by atoms with Crippen LogP contribution in [0.3, 0.4) is 0 Å². The fraction of sp³-hybridized carbons (Fsp3) is 0.394. The van der Waals surface area contributed by atoms with Gasteiger partial charge in [0.15, 0.2) is 17.2 Å². The SMILES string of the molecule is CC(=O)/C=C/CN(C)C.CCC(CCC(C)C)Nc1n[nH]c2nccc(Oc3ccn(Cc4ccccc4)c(=O)c3)c12. The Morgan fingerprint density at radius 2 is 1.90 bits per heavy atom. The van der Waals surface area contributed by atoms with Crippen molar-refractivity contribution in [1.29, 1.82) is 0 Å². The molecular formula is C33H44N6O3. The van der Waals surface area contributed by atoms with Crippen LogP contribution in [0.25, 0.3) is 11.0 Å². The lowest BCUT2D eigenvalue weighted by Gasteiger charge is -2.18. The molecule has 42 heavy (non-hydrogen) atoms. The summed E-state index contributed by atoms with van der Waals surface area (Å²) in [6, 6.07) is 15.3. The van der Waals surface area contributed by atoms with E-state index in [9.17, 15) is 9.59 Å². The standard InChI is InChI=1S/C26H31N5O2.C7H13NO/c1-4-20(11-10-18(2)3)28-26-24-22(12-14-27-25(24)29-30-26)33-21-13-15-31(23(32)16-21)17-19-8-6-5-7-9-19;1-7(9)5-4-6-8(2)3/h5-9,12-16,18,20H,4,10-11,17H2,1-3H3,(H2,27,28,29,30);4-5H,6H2,1-3H3/b;5-4+. The molecule has 2 N–H and O–H groups in total. The second-order valence-corrected chi connectivity index (χ2v) is 11.0. The highest BCUT2D eigenvalue weighted by Crippen LogP contribution is 2.33. The molecule has 224 valence electrons. The van der Waals surface area contributed by atoms with E-state index in [0.29, 0.717) is 35.7 Å². The summed E-state index contributed by atoms with van der Waals surface area (Å²) >= 11 is 0. The van der Waals surface area contributed by atoms with Crippen LogP contribution in [0.1, 0.15) is 52.5 Å². The van der Waals surface area contributed by atoms with E-state index >= 15 is 0 Å². The highest BCUT2D eigenvalue weighted by molar-refractivity contribution is 5.93. The number of carbonyl (C=O) groups is 1.